The fourth-order valence-corrected chi connectivity index (χ4v) is 2.12. The van der Waals surface area contributed by atoms with Crippen LogP contribution in [0.3, 0.4) is 0 Å². The lowest BCUT2D eigenvalue weighted by molar-refractivity contribution is 0.122. The SMILES string of the molecule is CC1(c2ccc(N3CCOCC3)cc2)CO1. The van der Waals surface area contributed by atoms with Crippen molar-refractivity contribution in [2.45, 2.75) is 12.5 Å². The van der Waals surface area contributed by atoms with Crippen molar-refractivity contribution in [3.63, 3.8) is 0 Å². The third-order valence-electron chi connectivity index (χ3n) is 3.43. The zero-order valence-electron chi connectivity index (χ0n) is 9.61. The minimum Gasteiger partial charge on any atom is -0.378 e. The van der Waals surface area contributed by atoms with Crippen LogP contribution in [0, 0.1) is 0 Å². The van der Waals surface area contributed by atoms with Crippen LogP contribution in [0.2, 0.25) is 0 Å². The highest BCUT2D eigenvalue weighted by molar-refractivity contribution is 5.49. The molecule has 16 heavy (non-hydrogen) atoms. The van der Waals surface area contributed by atoms with E-state index in [9.17, 15) is 0 Å². The number of hydrogen-bond acceptors (Lipinski definition) is 3. The van der Waals surface area contributed by atoms with E-state index in [4.69, 9.17) is 9.47 Å². The van der Waals surface area contributed by atoms with Crippen molar-refractivity contribution in [3.8, 4) is 0 Å². The van der Waals surface area contributed by atoms with Gasteiger partial charge in [0.15, 0.2) is 0 Å². The molecule has 1 aromatic carbocycles. The summed E-state index contributed by atoms with van der Waals surface area (Å²) in [5, 5.41) is 0. The van der Waals surface area contributed by atoms with Crippen LogP contribution in [0.1, 0.15) is 12.5 Å². The van der Waals surface area contributed by atoms with Crippen molar-refractivity contribution in [2.24, 2.45) is 0 Å². The molecule has 0 amide bonds. The van der Waals surface area contributed by atoms with Crippen LogP contribution in [0.4, 0.5) is 5.69 Å². The first-order valence-electron chi connectivity index (χ1n) is 5.85. The highest BCUT2D eigenvalue weighted by atomic mass is 16.6. The largest absolute Gasteiger partial charge is 0.378 e. The van der Waals surface area contributed by atoms with Crippen molar-refractivity contribution in [2.75, 3.05) is 37.8 Å². The van der Waals surface area contributed by atoms with Gasteiger partial charge < -0.3 is 14.4 Å². The summed E-state index contributed by atoms with van der Waals surface area (Å²) in [6.45, 7) is 6.64. The topological polar surface area (TPSA) is 25.0 Å². The average molecular weight is 219 g/mol. The van der Waals surface area contributed by atoms with Gasteiger partial charge >= 0.3 is 0 Å². The van der Waals surface area contributed by atoms with Gasteiger partial charge in [-0.05, 0) is 24.6 Å². The molecule has 0 aliphatic carbocycles. The highest BCUT2D eigenvalue weighted by Gasteiger charge is 2.40. The van der Waals surface area contributed by atoms with Crippen LogP contribution in [0.15, 0.2) is 24.3 Å². The molecule has 0 N–H and O–H groups in total. The van der Waals surface area contributed by atoms with Crippen molar-refractivity contribution < 1.29 is 9.47 Å². The lowest BCUT2D eigenvalue weighted by Crippen LogP contribution is -2.36. The first kappa shape index (κ1) is 10.1. The average Bonchev–Trinajstić information content (AvgIpc) is 3.10. The van der Waals surface area contributed by atoms with E-state index in [0.717, 1.165) is 32.9 Å². The summed E-state index contributed by atoms with van der Waals surface area (Å²) in [6.07, 6.45) is 0. The van der Waals surface area contributed by atoms with Crippen LogP contribution in [-0.2, 0) is 15.1 Å². The Morgan fingerprint density at radius 2 is 1.75 bits per heavy atom. The zero-order valence-corrected chi connectivity index (χ0v) is 9.61. The molecular weight excluding hydrogens is 202 g/mol. The summed E-state index contributed by atoms with van der Waals surface area (Å²) < 4.78 is 10.8. The van der Waals surface area contributed by atoms with Gasteiger partial charge in [-0.3, -0.25) is 0 Å². The maximum absolute atomic E-state index is 5.43. The fraction of sp³-hybridized carbons (Fsp3) is 0.538. The van der Waals surface area contributed by atoms with Crippen molar-refractivity contribution in [3.05, 3.63) is 29.8 Å². The smallest absolute Gasteiger partial charge is 0.114 e. The molecule has 0 spiro atoms. The molecule has 2 aliphatic rings. The van der Waals surface area contributed by atoms with E-state index < -0.39 is 0 Å². The molecule has 3 rings (SSSR count). The maximum atomic E-state index is 5.43. The molecule has 86 valence electrons. The molecule has 0 radical (unpaired) electrons. The monoisotopic (exact) mass is 219 g/mol. The van der Waals surface area contributed by atoms with E-state index in [0.29, 0.717) is 0 Å². The summed E-state index contributed by atoms with van der Waals surface area (Å²) in [7, 11) is 0. The van der Waals surface area contributed by atoms with Crippen LogP contribution in [-0.4, -0.2) is 32.9 Å². The molecule has 3 heteroatoms. The summed E-state index contributed by atoms with van der Waals surface area (Å²) in [6, 6.07) is 8.73. The van der Waals surface area contributed by atoms with Crippen LogP contribution in [0.5, 0.6) is 0 Å². The fourth-order valence-electron chi connectivity index (χ4n) is 2.12. The third kappa shape index (κ3) is 1.81. The molecule has 2 fully saturated rings. The predicted octanol–water partition coefficient (Wildman–Crippen LogP) is 1.77. The molecule has 2 heterocycles. The zero-order chi connectivity index (χ0) is 11.0. The molecule has 0 bridgehead atoms. The van der Waals surface area contributed by atoms with E-state index in [1.54, 1.807) is 0 Å². The predicted molar refractivity (Wildman–Crippen MR) is 62.8 cm³/mol. The van der Waals surface area contributed by atoms with Crippen molar-refractivity contribution in [1.29, 1.82) is 0 Å². The second kappa shape index (κ2) is 3.75. The number of hydrogen-bond donors (Lipinski definition) is 0. The Balaban J connectivity index is 1.76. The van der Waals surface area contributed by atoms with Gasteiger partial charge in [0.05, 0.1) is 19.8 Å². The number of nitrogens with zero attached hydrogens (tertiary/aromatic N) is 1. The van der Waals surface area contributed by atoms with Crippen molar-refractivity contribution >= 4 is 5.69 Å². The quantitative estimate of drug-likeness (QED) is 0.709. The van der Waals surface area contributed by atoms with Crippen molar-refractivity contribution in [1.82, 2.24) is 0 Å². The van der Waals surface area contributed by atoms with Gasteiger partial charge in [-0.1, -0.05) is 12.1 Å². The number of ether oxygens (including phenoxy) is 2. The lowest BCUT2D eigenvalue weighted by atomic mass is 10.0. The summed E-state index contributed by atoms with van der Waals surface area (Å²) in [5.41, 5.74) is 2.56. The molecule has 3 nitrogen and oxygen atoms in total. The van der Waals surface area contributed by atoms with Gasteiger partial charge in [-0.2, -0.15) is 0 Å². The lowest BCUT2D eigenvalue weighted by Gasteiger charge is -2.29. The van der Waals surface area contributed by atoms with Gasteiger partial charge in [0.2, 0.25) is 0 Å². The Labute approximate surface area is 96.0 Å². The molecule has 0 saturated carbocycles. The van der Waals surface area contributed by atoms with E-state index in [1.807, 2.05) is 0 Å². The first-order chi connectivity index (χ1) is 7.78. The number of benzene rings is 1. The standard InChI is InChI=1S/C13H17NO2/c1-13(10-16-13)11-2-4-12(5-3-11)14-6-8-15-9-7-14/h2-5H,6-10H2,1H3. The van der Waals surface area contributed by atoms with E-state index >= 15 is 0 Å². The molecule has 2 aliphatic heterocycles. The normalized spacial score (nSPS) is 29.2. The third-order valence-corrected chi connectivity index (χ3v) is 3.43. The summed E-state index contributed by atoms with van der Waals surface area (Å²) in [5.74, 6) is 0. The molecule has 0 aromatic heterocycles. The van der Waals surface area contributed by atoms with Crippen LogP contribution in [0.25, 0.3) is 0 Å². The van der Waals surface area contributed by atoms with Crippen LogP contribution >= 0.6 is 0 Å². The Bertz CT molecular complexity index is 364. The molecular formula is C13H17NO2. The minimum atomic E-state index is -0.0104. The highest BCUT2D eigenvalue weighted by Crippen LogP contribution is 2.38. The second-order valence-electron chi connectivity index (χ2n) is 4.67. The minimum absolute atomic E-state index is 0.0104. The van der Waals surface area contributed by atoms with Crippen LogP contribution < -0.4 is 4.90 Å². The van der Waals surface area contributed by atoms with E-state index in [1.165, 1.54) is 11.3 Å². The molecule has 1 atom stereocenters. The van der Waals surface area contributed by atoms with E-state index in [-0.39, 0.29) is 5.60 Å². The van der Waals surface area contributed by atoms with Gasteiger partial charge in [0.1, 0.15) is 5.60 Å². The second-order valence-corrected chi connectivity index (χ2v) is 4.67. The van der Waals surface area contributed by atoms with Gasteiger partial charge in [0.25, 0.3) is 0 Å². The van der Waals surface area contributed by atoms with Gasteiger partial charge in [-0.25, -0.2) is 0 Å². The molecule has 2 saturated heterocycles. The summed E-state index contributed by atoms with van der Waals surface area (Å²) in [4.78, 5) is 2.36. The van der Waals surface area contributed by atoms with E-state index in [2.05, 4.69) is 36.1 Å². The Hall–Kier alpha value is -1.06. The molecule has 1 aromatic rings. The number of rotatable bonds is 2. The number of morpholine rings is 1. The summed E-state index contributed by atoms with van der Waals surface area (Å²) >= 11 is 0. The van der Waals surface area contributed by atoms with Gasteiger partial charge in [-0.15, -0.1) is 0 Å². The first-order valence-corrected chi connectivity index (χ1v) is 5.85. The number of epoxide rings is 1. The molecule has 1 unspecified atom stereocenters. The Morgan fingerprint density at radius 3 is 2.31 bits per heavy atom. The van der Waals surface area contributed by atoms with Gasteiger partial charge in [0, 0.05) is 18.8 Å². The Morgan fingerprint density at radius 1 is 1.12 bits per heavy atom. The maximum Gasteiger partial charge on any atom is 0.114 e. The Kier molecular flexibility index (Phi) is 2.37. The number of anilines is 1.